The number of ether oxygens (including phenoxy) is 3. The first kappa shape index (κ1) is 19.1. The van der Waals surface area contributed by atoms with E-state index in [1.54, 1.807) is 56.6 Å². The molecule has 2 aliphatic rings. The van der Waals surface area contributed by atoms with Gasteiger partial charge in [0.05, 0.1) is 12.8 Å². The summed E-state index contributed by atoms with van der Waals surface area (Å²) in [6.45, 7) is 0.164. The van der Waals surface area contributed by atoms with Crippen molar-refractivity contribution < 1.29 is 23.8 Å². The lowest BCUT2D eigenvalue weighted by Crippen LogP contribution is -2.43. The van der Waals surface area contributed by atoms with E-state index < -0.39 is 5.25 Å². The van der Waals surface area contributed by atoms with Crippen molar-refractivity contribution >= 4 is 40.1 Å². The highest BCUT2D eigenvalue weighted by Gasteiger charge is 2.34. The van der Waals surface area contributed by atoms with Crippen molar-refractivity contribution in [2.75, 3.05) is 26.3 Å². The highest BCUT2D eigenvalue weighted by atomic mass is 32.2. The molecule has 2 heterocycles. The fourth-order valence-electron chi connectivity index (χ4n) is 2.86. The minimum atomic E-state index is -0.582. The summed E-state index contributed by atoms with van der Waals surface area (Å²) in [6.07, 6.45) is 0.0964. The third kappa shape index (κ3) is 4.14. The maximum atomic E-state index is 12.8. The van der Waals surface area contributed by atoms with Crippen LogP contribution in [0.3, 0.4) is 0 Å². The number of benzene rings is 2. The summed E-state index contributed by atoms with van der Waals surface area (Å²) in [7, 11) is 3.25. The Morgan fingerprint density at radius 1 is 1.21 bits per heavy atom. The van der Waals surface area contributed by atoms with Gasteiger partial charge in [-0.05, 0) is 36.4 Å². The Kier molecular flexibility index (Phi) is 5.30. The van der Waals surface area contributed by atoms with Gasteiger partial charge in [-0.15, -0.1) is 0 Å². The highest BCUT2D eigenvalue weighted by molar-refractivity contribution is 8.15. The van der Waals surface area contributed by atoms with Crippen LogP contribution in [0.5, 0.6) is 17.2 Å². The zero-order valence-corrected chi connectivity index (χ0v) is 16.7. The third-order valence-electron chi connectivity index (χ3n) is 4.50. The van der Waals surface area contributed by atoms with E-state index in [1.165, 1.54) is 16.7 Å². The van der Waals surface area contributed by atoms with Crippen LogP contribution < -0.4 is 19.5 Å². The topological polar surface area (TPSA) is 89.5 Å². The summed E-state index contributed by atoms with van der Waals surface area (Å²) < 4.78 is 15.7. The molecule has 0 radical (unpaired) electrons. The number of rotatable bonds is 4. The molecule has 1 fully saturated rings. The van der Waals surface area contributed by atoms with Crippen LogP contribution in [0.2, 0.25) is 0 Å². The molecule has 0 bridgehead atoms. The molecule has 0 unspecified atom stereocenters. The van der Waals surface area contributed by atoms with Crippen LogP contribution >= 0.6 is 11.8 Å². The molecule has 0 saturated carbocycles. The first-order valence-electron chi connectivity index (χ1n) is 8.90. The Balaban J connectivity index is 1.49. The van der Waals surface area contributed by atoms with Gasteiger partial charge in [0.2, 0.25) is 18.6 Å². The van der Waals surface area contributed by atoms with Gasteiger partial charge in [0.1, 0.15) is 11.0 Å². The normalized spacial score (nSPS) is 19.4. The SMILES string of the molecule is COc1ccc(N=C2S[C@@H](C(=O)Nc3ccc4c(c3)OCO4)CC(=O)N2C)cc1. The lowest BCUT2D eigenvalue weighted by atomic mass is 10.2. The van der Waals surface area contributed by atoms with E-state index in [4.69, 9.17) is 14.2 Å². The number of amidine groups is 1. The van der Waals surface area contributed by atoms with Crippen LogP contribution in [0.1, 0.15) is 6.42 Å². The van der Waals surface area contributed by atoms with Crippen molar-refractivity contribution in [2.24, 2.45) is 4.99 Å². The van der Waals surface area contributed by atoms with Gasteiger partial charge >= 0.3 is 0 Å². The molecular weight excluding hydrogens is 394 g/mol. The van der Waals surface area contributed by atoms with Gasteiger partial charge in [-0.3, -0.25) is 14.5 Å². The van der Waals surface area contributed by atoms with Gasteiger partial charge in [0.15, 0.2) is 16.7 Å². The largest absolute Gasteiger partial charge is 0.497 e. The molecule has 0 spiro atoms. The zero-order valence-electron chi connectivity index (χ0n) is 15.9. The molecule has 9 heteroatoms. The van der Waals surface area contributed by atoms with Crippen LogP contribution in [0, 0.1) is 0 Å². The second-order valence-corrected chi connectivity index (χ2v) is 7.58. The molecule has 2 aromatic carbocycles. The number of hydrogen-bond donors (Lipinski definition) is 1. The summed E-state index contributed by atoms with van der Waals surface area (Å²) in [6, 6.07) is 12.3. The fraction of sp³-hybridized carbons (Fsp3) is 0.250. The quantitative estimate of drug-likeness (QED) is 0.829. The maximum absolute atomic E-state index is 12.8. The number of aliphatic imine (C=N–C) groups is 1. The third-order valence-corrected chi connectivity index (χ3v) is 5.74. The standard InChI is InChI=1S/C20H19N3O5S/c1-23-18(24)10-17(29-20(23)22-12-3-6-14(26-2)7-4-12)19(25)21-13-5-8-15-16(9-13)28-11-27-15/h3-9,17H,10-11H2,1-2H3,(H,21,25)/t17-/m1/s1. The van der Waals surface area contributed by atoms with E-state index in [0.717, 1.165) is 5.75 Å². The van der Waals surface area contributed by atoms with Crippen molar-refractivity contribution in [1.29, 1.82) is 0 Å². The number of amides is 2. The number of methoxy groups -OCH3 is 1. The number of anilines is 1. The van der Waals surface area contributed by atoms with Crippen molar-refractivity contribution in [1.82, 2.24) is 4.90 Å². The monoisotopic (exact) mass is 413 g/mol. The van der Waals surface area contributed by atoms with E-state index >= 15 is 0 Å². The minimum Gasteiger partial charge on any atom is -0.497 e. The van der Waals surface area contributed by atoms with E-state index in [9.17, 15) is 9.59 Å². The number of hydrogen-bond acceptors (Lipinski definition) is 7. The average Bonchev–Trinajstić information content (AvgIpc) is 3.19. The number of carbonyl (C=O) groups is 2. The molecule has 150 valence electrons. The molecular formula is C20H19N3O5S. The summed E-state index contributed by atoms with van der Waals surface area (Å²) in [4.78, 5) is 31.2. The minimum absolute atomic E-state index is 0.0964. The first-order chi connectivity index (χ1) is 14.0. The van der Waals surface area contributed by atoms with Gasteiger partial charge in [0, 0.05) is 25.2 Å². The fourth-order valence-corrected chi connectivity index (χ4v) is 3.93. The van der Waals surface area contributed by atoms with Crippen LogP contribution in [0.4, 0.5) is 11.4 Å². The van der Waals surface area contributed by atoms with E-state index in [-0.39, 0.29) is 25.0 Å². The molecule has 2 amide bonds. The molecule has 29 heavy (non-hydrogen) atoms. The van der Waals surface area contributed by atoms with Crippen molar-refractivity contribution in [3.63, 3.8) is 0 Å². The summed E-state index contributed by atoms with van der Waals surface area (Å²) in [5.74, 6) is 1.51. The summed E-state index contributed by atoms with van der Waals surface area (Å²) >= 11 is 1.26. The lowest BCUT2D eigenvalue weighted by Gasteiger charge is -2.28. The van der Waals surface area contributed by atoms with E-state index in [2.05, 4.69) is 10.3 Å². The predicted octanol–water partition coefficient (Wildman–Crippen LogP) is 3.01. The van der Waals surface area contributed by atoms with Crippen molar-refractivity contribution in [3.8, 4) is 17.2 Å². The Hall–Kier alpha value is -3.20. The number of carbonyl (C=O) groups excluding carboxylic acids is 2. The van der Waals surface area contributed by atoms with Crippen LogP contribution in [0.15, 0.2) is 47.5 Å². The van der Waals surface area contributed by atoms with Crippen LogP contribution in [-0.2, 0) is 9.59 Å². The second-order valence-electron chi connectivity index (χ2n) is 6.41. The first-order valence-corrected chi connectivity index (χ1v) is 9.78. The smallest absolute Gasteiger partial charge is 0.238 e. The molecule has 1 N–H and O–H groups in total. The van der Waals surface area contributed by atoms with Crippen LogP contribution in [0.25, 0.3) is 0 Å². The Morgan fingerprint density at radius 3 is 2.72 bits per heavy atom. The van der Waals surface area contributed by atoms with E-state index in [0.29, 0.717) is 28.0 Å². The molecule has 4 rings (SSSR count). The Labute approximate surface area is 171 Å². The van der Waals surface area contributed by atoms with Crippen LogP contribution in [-0.4, -0.2) is 48.1 Å². The summed E-state index contributed by atoms with van der Waals surface area (Å²) in [5.41, 5.74) is 1.25. The number of thioether (sulfide) groups is 1. The molecule has 1 saturated heterocycles. The lowest BCUT2D eigenvalue weighted by molar-refractivity contribution is -0.128. The second kappa shape index (κ2) is 8.04. The zero-order chi connectivity index (χ0) is 20.4. The molecule has 2 aliphatic heterocycles. The van der Waals surface area contributed by atoms with Gasteiger partial charge in [-0.2, -0.15) is 0 Å². The molecule has 0 aliphatic carbocycles. The molecule has 2 aromatic rings. The Morgan fingerprint density at radius 2 is 1.97 bits per heavy atom. The van der Waals surface area contributed by atoms with Gasteiger partial charge in [-0.1, -0.05) is 11.8 Å². The predicted molar refractivity (Wildman–Crippen MR) is 110 cm³/mol. The van der Waals surface area contributed by atoms with Crippen molar-refractivity contribution in [2.45, 2.75) is 11.7 Å². The molecule has 8 nitrogen and oxygen atoms in total. The molecule has 1 atom stereocenters. The Bertz CT molecular complexity index is 977. The number of nitrogens with zero attached hydrogens (tertiary/aromatic N) is 2. The van der Waals surface area contributed by atoms with Gasteiger partial charge in [0.25, 0.3) is 0 Å². The number of fused-ring (bicyclic) bond motifs is 1. The molecule has 0 aromatic heterocycles. The van der Waals surface area contributed by atoms with Gasteiger partial charge < -0.3 is 19.5 Å². The van der Waals surface area contributed by atoms with E-state index in [1.807, 2.05) is 0 Å². The maximum Gasteiger partial charge on any atom is 0.238 e. The summed E-state index contributed by atoms with van der Waals surface area (Å²) in [5, 5.41) is 2.73. The van der Waals surface area contributed by atoms with Gasteiger partial charge in [-0.25, -0.2) is 4.99 Å². The average molecular weight is 413 g/mol. The highest BCUT2D eigenvalue weighted by Crippen LogP contribution is 2.35. The van der Waals surface area contributed by atoms with Crippen molar-refractivity contribution in [3.05, 3.63) is 42.5 Å². The number of nitrogens with one attached hydrogen (secondary N) is 1.